The second kappa shape index (κ2) is 4.57. The molecule has 0 aromatic carbocycles. The van der Waals surface area contributed by atoms with E-state index in [-0.39, 0.29) is 16.6 Å². The predicted octanol–water partition coefficient (Wildman–Crippen LogP) is 4.13. The first-order valence-electron chi connectivity index (χ1n) is 8.84. The van der Waals surface area contributed by atoms with Gasteiger partial charge in [0.2, 0.25) is 0 Å². The minimum absolute atomic E-state index is 0.00351. The van der Waals surface area contributed by atoms with E-state index in [9.17, 15) is 9.90 Å². The molecule has 0 amide bonds. The Morgan fingerprint density at radius 1 is 1.35 bits per heavy atom. The summed E-state index contributed by atoms with van der Waals surface area (Å²) in [6.07, 6.45) is 14.8. The van der Waals surface area contributed by atoms with Gasteiger partial charge >= 0.3 is 0 Å². The lowest BCUT2D eigenvalue weighted by Gasteiger charge is -2.52. The highest BCUT2D eigenvalue weighted by atomic mass is 16.3. The summed E-state index contributed by atoms with van der Waals surface area (Å²) in [5.74, 6) is 1.10. The van der Waals surface area contributed by atoms with Crippen molar-refractivity contribution in [3.63, 3.8) is 0 Å². The highest BCUT2D eigenvalue weighted by molar-refractivity contribution is 5.92. The normalized spacial score (nSPS) is 48.0. The van der Waals surface area contributed by atoms with E-state index in [0.29, 0.717) is 18.3 Å². The van der Waals surface area contributed by atoms with Crippen LogP contribution >= 0.6 is 0 Å². The highest BCUT2D eigenvalue weighted by Gasteiger charge is 2.60. The van der Waals surface area contributed by atoms with Gasteiger partial charge in [0.1, 0.15) is 0 Å². The molecule has 2 unspecified atom stereocenters. The summed E-state index contributed by atoms with van der Waals surface area (Å²) in [6, 6.07) is 0. The Morgan fingerprint density at radius 2 is 2.13 bits per heavy atom. The van der Waals surface area contributed by atoms with Crippen LogP contribution in [0.25, 0.3) is 0 Å². The van der Waals surface area contributed by atoms with Gasteiger partial charge in [-0.15, -0.1) is 6.58 Å². The third-order valence-electron chi connectivity index (χ3n) is 7.47. The molecule has 0 bridgehead atoms. The molecule has 1 saturated carbocycles. The number of aliphatic hydroxyl groups is 1. The van der Waals surface area contributed by atoms with E-state index in [4.69, 9.17) is 0 Å². The third kappa shape index (κ3) is 1.76. The first-order chi connectivity index (χ1) is 10.8. The molecular formula is C21H26O2. The number of rotatable bonds is 1. The van der Waals surface area contributed by atoms with Crippen molar-refractivity contribution in [2.45, 2.75) is 51.6 Å². The fourth-order valence-electron chi connectivity index (χ4n) is 5.72. The Kier molecular flexibility index (Phi) is 3.01. The molecule has 0 heterocycles. The second-order valence-electron chi connectivity index (χ2n) is 8.34. The SMILES string of the molecule is C=C[C@]1(O)CCC2C3C=CC4=CC(=O)CC[C@]4(C)C3=CC[C@@]21C. The number of fused-ring (bicyclic) bond motifs is 5. The van der Waals surface area contributed by atoms with Gasteiger partial charge < -0.3 is 5.11 Å². The maximum atomic E-state index is 11.8. The van der Waals surface area contributed by atoms with E-state index in [1.165, 1.54) is 11.1 Å². The van der Waals surface area contributed by atoms with Crippen molar-refractivity contribution in [3.05, 3.63) is 48.1 Å². The topological polar surface area (TPSA) is 37.3 Å². The van der Waals surface area contributed by atoms with E-state index in [1.54, 1.807) is 6.08 Å². The number of ketones is 1. The molecule has 1 fully saturated rings. The van der Waals surface area contributed by atoms with Crippen LogP contribution in [0.4, 0.5) is 0 Å². The van der Waals surface area contributed by atoms with E-state index in [1.807, 2.05) is 6.08 Å². The van der Waals surface area contributed by atoms with Crippen molar-refractivity contribution >= 4 is 5.78 Å². The first-order valence-corrected chi connectivity index (χ1v) is 8.84. The van der Waals surface area contributed by atoms with E-state index < -0.39 is 5.60 Å². The van der Waals surface area contributed by atoms with Crippen LogP contribution in [0.2, 0.25) is 0 Å². The molecule has 4 rings (SSSR count). The highest BCUT2D eigenvalue weighted by Crippen LogP contribution is 2.64. The van der Waals surface area contributed by atoms with Crippen LogP contribution in [0.5, 0.6) is 0 Å². The van der Waals surface area contributed by atoms with Gasteiger partial charge in [0.25, 0.3) is 0 Å². The monoisotopic (exact) mass is 310 g/mol. The molecule has 0 saturated heterocycles. The first kappa shape index (κ1) is 15.1. The van der Waals surface area contributed by atoms with Crippen molar-refractivity contribution in [2.75, 3.05) is 0 Å². The Labute approximate surface area is 138 Å². The van der Waals surface area contributed by atoms with E-state index >= 15 is 0 Å². The van der Waals surface area contributed by atoms with Gasteiger partial charge in [0.15, 0.2) is 5.78 Å². The van der Waals surface area contributed by atoms with Crippen LogP contribution in [0, 0.1) is 22.7 Å². The standard InChI is InChI=1S/C21H26O2/c1-4-21(23)12-9-18-16-6-5-14-13-15(22)7-10-19(14,2)17(16)8-11-20(18,21)3/h4-6,8,13,16,18,23H,1,7,9-12H2,2-3H3/t16?,18?,19-,20-,21-/m0/s1. The number of hydrogen-bond acceptors (Lipinski definition) is 2. The molecule has 122 valence electrons. The second-order valence-corrected chi connectivity index (χ2v) is 8.34. The molecule has 0 aliphatic heterocycles. The fraction of sp³-hybridized carbons (Fsp3) is 0.571. The Morgan fingerprint density at radius 3 is 2.87 bits per heavy atom. The van der Waals surface area contributed by atoms with Gasteiger partial charge in [0.05, 0.1) is 5.60 Å². The minimum atomic E-state index is -0.757. The average Bonchev–Trinajstić information content (AvgIpc) is 2.80. The van der Waals surface area contributed by atoms with Gasteiger partial charge in [0, 0.05) is 23.2 Å². The fourth-order valence-corrected chi connectivity index (χ4v) is 5.72. The molecule has 1 N–H and O–H groups in total. The summed E-state index contributed by atoms with van der Waals surface area (Å²) in [7, 11) is 0. The minimum Gasteiger partial charge on any atom is -0.385 e. The van der Waals surface area contributed by atoms with Crippen molar-refractivity contribution in [1.29, 1.82) is 0 Å². The lowest BCUT2D eigenvalue weighted by molar-refractivity contribution is -0.115. The molecule has 2 nitrogen and oxygen atoms in total. The lowest BCUT2D eigenvalue weighted by atomic mass is 9.52. The number of carbonyl (C=O) groups is 1. The molecule has 0 aromatic rings. The van der Waals surface area contributed by atoms with Crippen molar-refractivity contribution in [2.24, 2.45) is 22.7 Å². The Bertz CT molecular complexity index is 682. The number of carbonyl (C=O) groups excluding carboxylic acids is 1. The molecule has 4 aliphatic carbocycles. The molecular weight excluding hydrogens is 284 g/mol. The molecule has 5 atom stereocenters. The number of allylic oxidation sites excluding steroid dienone is 6. The quantitative estimate of drug-likeness (QED) is 0.739. The lowest BCUT2D eigenvalue weighted by Crippen LogP contribution is -2.49. The van der Waals surface area contributed by atoms with Crippen molar-refractivity contribution < 1.29 is 9.90 Å². The molecule has 23 heavy (non-hydrogen) atoms. The Hall–Kier alpha value is -1.41. The number of hydrogen-bond donors (Lipinski definition) is 1. The Balaban J connectivity index is 1.81. The van der Waals surface area contributed by atoms with Crippen LogP contribution in [0.3, 0.4) is 0 Å². The summed E-state index contributed by atoms with van der Waals surface area (Å²) in [6.45, 7) is 8.43. The predicted molar refractivity (Wildman–Crippen MR) is 91.7 cm³/mol. The van der Waals surface area contributed by atoms with E-state index in [0.717, 1.165) is 25.7 Å². The van der Waals surface area contributed by atoms with Crippen LogP contribution < -0.4 is 0 Å². The summed E-state index contributed by atoms with van der Waals surface area (Å²) in [4.78, 5) is 11.8. The van der Waals surface area contributed by atoms with E-state index in [2.05, 4.69) is 38.7 Å². The zero-order chi connectivity index (χ0) is 16.5. The summed E-state index contributed by atoms with van der Waals surface area (Å²) in [5.41, 5.74) is 1.78. The van der Waals surface area contributed by atoms with Crippen molar-refractivity contribution in [3.8, 4) is 0 Å². The zero-order valence-electron chi connectivity index (χ0n) is 14.1. The van der Waals surface area contributed by atoms with Gasteiger partial charge in [-0.25, -0.2) is 0 Å². The smallest absolute Gasteiger partial charge is 0.156 e. The van der Waals surface area contributed by atoms with Gasteiger partial charge in [-0.05, 0) is 43.3 Å². The maximum absolute atomic E-state index is 11.8. The maximum Gasteiger partial charge on any atom is 0.156 e. The largest absolute Gasteiger partial charge is 0.385 e. The average molecular weight is 310 g/mol. The summed E-state index contributed by atoms with van der Waals surface area (Å²) in [5, 5.41) is 11.0. The van der Waals surface area contributed by atoms with Gasteiger partial charge in [-0.2, -0.15) is 0 Å². The van der Waals surface area contributed by atoms with Crippen molar-refractivity contribution in [1.82, 2.24) is 0 Å². The molecule has 0 aromatic heterocycles. The third-order valence-corrected chi connectivity index (χ3v) is 7.47. The molecule has 2 heteroatoms. The van der Waals surface area contributed by atoms with Crippen LogP contribution in [0.1, 0.15) is 46.0 Å². The molecule has 4 aliphatic rings. The van der Waals surface area contributed by atoms with Gasteiger partial charge in [-0.3, -0.25) is 4.79 Å². The van der Waals surface area contributed by atoms with Crippen LogP contribution in [0.15, 0.2) is 48.1 Å². The zero-order valence-corrected chi connectivity index (χ0v) is 14.1. The van der Waals surface area contributed by atoms with Gasteiger partial charge in [-0.1, -0.05) is 43.7 Å². The molecule has 0 radical (unpaired) electrons. The van der Waals surface area contributed by atoms with Crippen LogP contribution in [-0.2, 0) is 4.79 Å². The molecule has 0 spiro atoms. The summed E-state index contributed by atoms with van der Waals surface area (Å²) < 4.78 is 0. The summed E-state index contributed by atoms with van der Waals surface area (Å²) >= 11 is 0. The van der Waals surface area contributed by atoms with Crippen LogP contribution in [-0.4, -0.2) is 16.5 Å².